The Morgan fingerprint density at radius 1 is 1.40 bits per heavy atom. The number of fused-ring (bicyclic) bond motifs is 3. The number of rotatable bonds is 3. The molecule has 1 aliphatic heterocycles. The summed E-state index contributed by atoms with van der Waals surface area (Å²) in [7, 11) is 0. The van der Waals surface area contributed by atoms with E-state index in [2.05, 4.69) is 30.2 Å². The first-order chi connectivity index (χ1) is 12.2. The molecule has 0 saturated carbocycles. The molecule has 1 aliphatic carbocycles. The number of morpholine rings is 1. The standard InChI is InChI=1S/C17H21BrN4O3/c1-2-25-17(23)11-3-4-12-13(9-11)22-10-14(18)20-15(16(22)19-12)21-5-7-24-8-6-21/h10-11H,2-9H2,1H3. The topological polar surface area (TPSA) is 69.0 Å². The molecular weight excluding hydrogens is 388 g/mol. The summed E-state index contributed by atoms with van der Waals surface area (Å²) in [6, 6.07) is 0. The molecule has 0 N–H and O–H groups in total. The van der Waals surface area contributed by atoms with E-state index in [1.807, 2.05) is 13.1 Å². The van der Waals surface area contributed by atoms with E-state index in [4.69, 9.17) is 14.5 Å². The van der Waals surface area contributed by atoms with Crippen molar-refractivity contribution >= 4 is 33.4 Å². The second-order valence-electron chi connectivity index (χ2n) is 6.38. The van der Waals surface area contributed by atoms with E-state index in [9.17, 15) is 4.79 Å². The van der Waals surface area contributed by atoms with Crippen molar-refractivity contribution in [1.29, 1.82) is 0 Å². The van der Waals surface area contributed by atoms with E-state index >= 15 is 0 Å². The first kappa shape index (κ1) is 16.8. The predicted octanol–water partition coefficient (Wildman–Crippen LogP) is 2.00. The monoisotopic (exact) mass is 408 g/mol. The second kappa shape index (κ2) is 6.92. The predicted molar refractivity (Wildman–Crippen MR) is 95.9 cm³/mol. The van der Waals surface area contributed by atoms with E-state index in [0.717, 1.165) is 53.4 Å². The zero-order valence-corrected chi connectivity index (χ0v) is 15.8. The van der Waals surface area contributed by atoms with Gasteiger partial charge in [0.05, 0.1) is 31.4 Å². The summed E-state index contributed by atoms with van der Waals surface area (Å²) in [6.45, 7) is 5.28. The van der Waals surface area contributed by atoms with Gasteiger partial charge < -0.3 is 14.4 Å². The van der Waals surface area contributed by atoms with Gasteiger partial charge in [-0.15, -0.1) is 0 Å². The first-order valence-electron chi connectivity index (χ1n) is 8.73. The van der Waals surface area contributed by atoms with E-state index in [1.54, 1.807) is 0 Å². The molecule has 1 unspecified atom stereocenters. The molecule has 134 valence electrons. The van der Waals surface area contributed by atoms with E-state index < -0.39 is 0 Å². The lowest BCUT2D eigenvalue weighted by molar-refractivity contribution is -0.148. The first-order valence-corrected chi connectivity index (χ1v) is 9.52. The van der Waals surface area contributed by atoms with Crippen LogP contribution in [0.5, 0.6) is 0 Å². The maximum atomic E-state index is 12.2. The number of imidazole rings is 1. The van der Waals surface area contributed by atoms with Crippen molar-refractivity contribution in [3.8, 4) is 0 Å². The van der Waals surface area contributed by atoms with Crippen LogP contribution in [0.25, 0.3) is 5.65 Å². The largest absolute Gasteiger partial charge is 0.466 e. The van der Waals surface area contributed by atoms with Crippen molar-refractivity contribution in [3.63, 3.8) is 0 Å². The molecule has 0 bridgehead atoms. The molecule has 8 heteroatoms. The maximum absolute atomic E-state index is 12.2. The van der Waals surface area contributed by atoms with Crippen LogP contribution < -0.4 is 4.90 Å². The number of halogens is 1. The number of carbonyl (C=O) groups is 1. The Bertz CT molecular complexity index is 801. The van der Waals surface area contributed by atoms with Crippen LogP contribution in [0.4, 0.5) is 5.82 Å². The number of carbonyl (C=O) groups excluding carboxylic acids is 1. The molecule has 4 rings (SSSR count). The molecule has 7 nitrogen and oxygen atoms in total. The van der Waals surface area contributed by atoms with Gasteiger partial charge in [0.1, 0.15) is 4.60 Å². The number of nitrogens with zero attached hydrogens (tertiary/aromatic N) is 4. The van der Waals surface area contributed by atoms with Crippen LogP contribution in [0.2, 0.25) is 0 Å². The molecule has 2 aromatic heterocycles. The van der Waals surface area contributed by atoms with Gasteiger partial charge in [-0.1, -0.05) is 0 Å². The zero-order valence-electron chi connectivity index (χ0n) is 14.2. The third-order valence-corrected chi connectivity index (χ3v) is 5.22. The van der Waals surface area contributed by atoms with E-state index in [1.165, 1.54) is 0 Å². The number of aryl methyl sites for hydroxylation is 1. The summed E-state index contributed by atoms with van der Waals surface area (Å²) in [4.78, 5) is 23.9. The SMILES string of the molecule is CCOC(=O)C1CCc2nc3c(N4CCOCC4)nc(Br)cn3c2C1. The fraction of sp³-hybridized carbons (Fsp3) is 0.588. The highest BCUT2D eigenvalue weighted by Gasteiger charge is 2.30. The molecule has 0 amide bonds. The molecule has 0 spiro atoms. The smallest absolute Gasteiger partial charge is 0.309 e. The van der Waals surface area contributed by atoms with Crippen molar-refractivity contribution in [2.45, 2.75) is 26.2 Å². The van der Waals surface area contributed by atoms with Crippen LogP contribution in [0, 0.1) is 5.92 Å². The van der Waals surface area contributed by atoms with Crippen molar-refractivity contribution in [1.82, 2.24) is 14.4 Å². The molecule has 1 fully saturated rings. The fourth-order valence-corrected chi connectivity index (χ4v) is 3.98. The van der Waals surface area contributed by atoms with Crippen molar-refractivity contribution in [2.75, 3.05) is 37.8 Å². The average molecular weight is 409 g/mol. The molecule has 1 saturated heterocycles. The van der Waals surface area contributed by atoms with E-state index in [-0.39, 0.29) is 11.9 Å². The molecule has 0 radical (unpaired) electrons. The Morgan fingerprint density at radius 2 is 2.20 bits per heavy atom. The number of hydrogen-bond donors (Lipinski definition) is 0. The van der Waals surface area contributed by atoms with Crippen LogP contribution in [0.3, 0.4) is 0 Å². The third-order valence-electron chi connectivity index (χ3n) is 4.84. The lowest BCUT2D eigenvalue weighted by Crippen LogP contribution is -2.37. The minimum atomic E-state index is -0.107. The molecule has 1 atom stereocenters. The van der Waals surface area contributed by atoms with Crippen molar-refractivity contribution in [2.24, 2.45) is 5.92 Å². The van der Waals surface area contributed by atoms with Crippen LogP contribution in [0.15, 0.2) is 10.8 Å². The maximum Gasteiger partial charge on any atom is 0.309 e. The van der Waals surface area contributed by atoms with Crippen LogP contribution in [-0.4, -0.2) is 53.2 Å². The Balaban J connectivity index is 1.73. The van der Waals surface area contributed by atoms with Gasteiger partial charge in [0.15, 0.2) is 11.5 Å². The van der Waals surface area contributed by atoms with Gasteiger partial charge >= 0.3 is 5.97 Å². The Morgan fingerprint density at radius 3 is 2.96 bits per heavy atom. The third kappa shape index (κ3) is 3.13. The van der Waals surface area contributed by atoms with Crippen LogP contribution in [0.1, 0.15) is 24.7 Å². The Hall–Kier alpha value is -1.67. The average Bonchev–Trinajstić information content (AvgIpc) is 2.99. The molecule has 0 aromatic carbocycles. The van der Waals surface area contributed by atoms with Gasteiger partial charge in [-0.05, 0) is 35.7 Å². The van der Waals surface area contributed by atoms with Gasteiger partial charge in [0.25, 0.3) is 0 Å². The summed E-state index contributed by atoms with van der Waals surface area (Å²) in [5, 5.41) is 0. The lowest BCUT2D eigenvalue weighted by Gasteiger charge is -2.28. The molecule has 25 heavy (non-hydrogen) atoms. The van der Waals surface area contributed by atoms with Crippen LogP contribution >= 0.6 is 15.9 Å². The summed E-state index contributed by atoms with van der Waals surface area (Å²) >= 11 is 3.52. The van der Waals surface area contributed by atoms with Gasteiger partial charge in [0, 0.05) is 31.4 Å². The normalized spacial score (nSPS) is 20.6. The summed E-state index contributed by atoms with van der Waals surface area (Å²) in [5.74, 6) is 0.676. The van der Waals surface area contributed by atoms with Crippen LogP contribution in [-0.2, 0) is 27.1 Å². The minimum absolute atomic E-state index is 0.0915. The summed E-state index contributed by atoms with van der Waals surface area (Å²) in [5.41, 5.74) is 3.02. The second-order valence-corrected chi connectivity index (χ2v) is 7.19. The molecule has 3 heterocycles. The number of ether oxygens (including phenoxy) is 2. The minimum Gasteiger partial charge on any atom is -0.466 e. The van der Waals surface area contributed by atoms with Crippen molar-refractivity contribution < 1.29 is 14.3 Å². The van der Waals surface area contributed by atoms with Gasteiger partial charge in [-0.2, -0.15) is 0 Å². The quantitative estimate of drug-likeness (QED) is 0.723. The molecule has 2 aromatic rings. The fourth-order valence-electron chi connectivity index (χ4n) is 3.61. The number of hydrogen-bond acceptors (Lipinski definition) is 6. The number of esters is 1. The highest BCUT2D eigenvalue weighted by atomic mass is 79.9. The number of anilines is 1. The van der Waals surface area contributed by atoms with Gasteiger partial charge in [-0.3, -0.25) is 9.20 Å². The highest BCUT2D eigenvalue weighted by Crippen LogP contribution is 2.31. The molecular formula is C17H21BrN4O3. The number of aromatic nitrogens is 3. The van der Waals surface area contributed by atoms with Gasteiger partial charge in [-0.25, -0.2) is 9.97 Å². The van der Waals surface area contributed by atoms with Gasteiger partial charge in [0.2, 0.25) is 0 Å². The lowest BCUT2D eigenvalue weighted by atomic mass is 9.90. The molecule has 2 aliphatic rings. The Kier molecular flexibility index (Phi) is 4.64. The summed E-state index contributed by atoms with van der Waals surface area (Å²) in [6.07, 6.45) is 4.19. The van der Waals surface area contributed by atoms with Crippen molar-refractivity contribution in [3.05, 3.63) is 22.2 Å². The zero-order chi connectivity index (χ0) is 17.4. The highest BCUT2D eigenvalue weighted by molar-refractivity contribution is 9.10. The Labute approximate surface area is 154 Å². The summed E-state index contributed by atoms with van der Waals surface area (Å²) < 4.78 is 13.5. The van der Waals surface area contributed by atoms with E-state index in [0.29, 0.717) is 26.2 Å².